The van der Waals surface area contributed by atoms with Gasteiger partial charge in [0.25, 0.3) is 0 Å². The molecule has 5 heteroatoms. The highest BCUT2D eigenvalue weighted by Gasteiger charge is 2.17. The van der Waals surface area contributed by atoms with Crippen LogP contribution in [0.25, 0.3) is 0 Å². The highest BCUT2D eigenvalue weighted by molar-refractivity contribution is 6.33. The number of hydrazine groups is 1. The summed E-state index contributed by atoms with van der Waals surface area (Å²) in [6, 6.07) is 9.63. The van der Waals surface area contributed by atoms with Gasteiger partial charge in [0.2, 0.25) is 0 Å². The zero-order valence-corrected chi connectivity index (χ0v) is 11.8. The molecule has 0 aliphatic heterocycles. The maximum atomic E-state index is 13.6. The number of hydrogen-bond acceptors (Lipinski definition) is 2. The van der Waals surface area contributed by atoms with Crippen LogP contribution in [0, 0.1) is 12.7 Å². The monoisotopic (exact) mass is 298 g/mol. The van der Waals surface area contributed by atoms with Gasteiger partial charge in [0.1, 0.15) is 5.82 Å². The second-order valence-electron chi connectivity index (χ2n) is 4.27. The van der Waals surface area contributed by atoms with Crippen LogP contribution >= 0.6 is 23.2 Å². The summed E-state index contributed by atoms with van der Waals surface area (Å²) in [6.45, 7) is 1.70. The molecule has 0 fully saturated rings. The Morgan fingerprint density at radius 3 is 2.53 bits per heavy atom. The lowest BCUT2D eigenvalue weighted by molar-refractivity contribution is 0.599. The molecule has 3 N–H and O–H groups in total. The van der Waals surface area contributed by atoms with Crippen molar-refractivity contribution in [3.63, 3.8) is 0 Å². The second kappa shape index (κ2) is 5.88. The molecule has 2 nitrogen and oxygen atoms in total. The topological polar surface area (TPSA) is 38.0 Å². The molecule has 0 aliphatic carbocycles. The van der Waals surface area contributed by atoms with Gasteiger partial charge in [-0.25, -0.2) is 9.82 Å². The number of benzene rings is 2. The number of aryl methyl sites for hydroxylation is 1. The van der Waals surface area contributed by atoms with Gasteiger partial charge in [0.05, 0.1) is 6.04 Å². The van der Waals surface area contributed by atoms with Crippen LogP contribution in [0.2, 0.25) is 10.0 Å². The van der Waals surface area contributed by atoms with Crippen molar-refractivity contribution < 1.29 is 4.39 Å². The van der Waals surface area contributed by atoms with E-state index < -0.39 is 6.04 Å². The van der Waals surface area contributed by atoms with Gasteiger partial charge in [0, 0.05) is 10.0 Å². The van der Waals surface area contributed by atoms with Gasteiger partial charge in [-0.05, 0) is 47.9 Å². The van der Waals surface area contributed by atoms with Crippen LogP contribution in [0.3, 0.4) is 0 Å². The molecule has 1 atom stereocenters. The third-order valence-electron chi connectivity index (χ3n) is 2.96. The molecule has 0 aromatic heterocycles. The van der Waals surface area contributed by atoms with E-state index in [1.807, 2.05) is 0 Å². The molecule has 0 bridgehead atoms. The Balaban J connectivity index is 2.49. The van der Waals surface area contributed by atoms with Gasteiger partial charge in [-0.3, -0.25) is 5.84 Å². The predicted octanol–water partition coefficient (Wildman–Crippen LogP) is 3.99. The van der Waals surface area contributed by atoms with Crippen molar-refractivity contribution in [3.05, 3.63) is 69.0 Å². The van der Waals surface area contributed by atoms with E-state index in [-0.39, 0.29) is 5.82 Å². The SMILES string of the molecule is Cc1ccc(C(NN)c2cc(Cl)ccc2Cl)cc1F. The molecular weight excluding hydrogens is 286 g/mol. The van der Waals surface area contributed by atoms with Gasteiger partial charge in [-0.1, -0.05) is 35.3 Å². The van der Waals surface area contributed by atoms with Gasteiger partial charge in [0.15, 0.2) is 0 Å². The molecule has 0 amide bonds. The molecule has 0 saturated carbocycles. The van der Waals surface area contributed by atoms with Crippen molar-refractivity contribution in [1.82, 2.24) is 5.43 Å². The third-order valence-corrected chi connectivity index (χ3v) is 3.54. The van der Waals surface area contributed by atoms with Crippen molar-refractivity contribution >= 4 is 23.2 Å². The van der Waals surface area contributed by atoms with Crippen molar-refractivity contribution in [3.8, 4) is 0 Å². The Morgan fingerprint density at radius 2 is 1.89 bits per heavy atom. The Morgan fingerprint density at radius 1 is 1.16 bits per heavy atom. The fraction of sp³-hybridized carbons (Fsp3) is 0.143. The zero-order valence-electron chi connectivity index (χ0n) is 10.3. The molecule has 0 spiro atoms. The molecule has 0 saturated heterocycles. The van der Waals surface area contributed by atoms with Gasteiger partial charge in [-0.2, -0.15) is 0 Å². The summed E-state index contributed by atoms with van der Waals surface area (Å²) in [5.41, 5.74) is 4.62. The molecule has 2 aromatic rings. The first-order chi connectivity index (χ1) is 9.02. The summed E-state index contributed by atoms with van der Waals surface area (Å²) < 4.78 is 13.6. The average Bonchev–Trinajstić information content (AvgIpc) is 2.38. The molecule has 2 aromatic carbocycles. The van der Waals surface area contributed by atoms with Crippen LogP contribution in [-0.4, -0.2) is 0 Å². The smallest absolute Gasteiger partial charge is 0.126 e. The second-order valence-corrected chi connectivity index (χ2v) is 5.12. The molecule has 0 aliphatic rings. The average molecular weight is 299 g/mol. The van der Waals surface area contributed by atoms with Crippen molar-refractivity contribution in [2.24, 2.45) is 5.84 Å². The minimum Gasteiger partial charge on any atom is -0.271 e. The molecule has 19 heavy (non-hydrogen) atoms. The summed E-state index contributed by atoms with van der Waals surface area (Å²) in [5.74, 6) is 5.29. The summed E-state index contributed by atoms with van der Waals surface area (Å²) in [5, 5.41) is 1.07. The first kappa shape index (κ1) is 14.3. The minimum atomic E-state index is -0.415. The van der Waals surface area contributed by atoms with E-state index in [4.69, 9.17) is 29.0 Å². The van der Waals surface area contributed by atoms with E-state index in [0.717, 1.165) is 0 Å². The number of nitrogens with two attached hydrogens (primary N) is 1. The Hall–Kier alpha value is -1.13. The largest absolute Gasteiger partial charge is 0.271 e. The predicted molar refractivity (Wildman–Crippen MR) is 76.8 cm³/mol. The fourth-order valence-corrected chi connectivity index (χ4v) is 2.30. The number of rotatable bonds is 3. The van der Waals surface area contributed by atoms with Crippen molar-refractivity contribution in [2.75, 3.05) is 0 Å². The van der Waals surface area contributed by atoms with Gasteiger partial charge in [-0.15, -0.1) is 0 Å². The Kier molecular flexibility index (Phi) is 4.42. The fourth-order valence-electron chi connectivity index (χ4n) is 1.89. The minimum absolute atomic E-state index is 0.282. The Labute approximate surface area is 121 Å². The van der Waals surface area contributed by atoms with Crippen LogP contribution < -0.4 is 11.3 Å². The summed E-state index contributed by atoms with van der Waals surface area (Å²) in [6.07, 6.45) is 0. The van der Waals surface area contributed by atoms with E-state index in [0.29, 0.717) is 26.7 Å². The molecule has 0 heterocycles. The molecule has 1 unspecified atom stereocenters. The normalized spacial score (nSPS) is 12.5. The van der Waals surface area contributed by atoms with Crippen LogP contribution in [0.4, 0.5) is 4.39 Å². The molecular formula is C14H13Cl2FN2. The van der Waals surface area contributed by atoms with E-state index in [9.17, 15) is 4.39 Å². The summed E-state index contributed by atoms with van der Waals surface area (Å²) in [4.78, 5) is 0. The van der Waals surface area contributed by atoms with E-state index in [1.54, 1.807) is 37.3 Å². The van der Waals surface area contributed by atoms with Crippen LogP contribution in [0.15, 0.2) is 36.4 Å². The van der Waals surface area contributed by atoms with Gasteiger partial charge >= 0.3 is 0 Å². The van der Waals surface area contributed by atoms with Crippen LogP contribution in [0.1, 0.15) is 22.7 Å². The third kappa shape index (κ3) is 3.07. The summed E-state index contributed by atoms with van der Waals surface area (Å²) in [7, 11) is 0. The molecule has 2 rings (SSSR count). The van der Waals surface area contributed by atoms with Crippen molar-refractivity contribution in [1.29, 1.82) is 0 Å². The standard InChI is InChI=1S/C14H13Cl2FN2/c1-8-2-3-9(6-13(8)17)14(19-18)11-7-10(15)4-5-12(11)16/h2-7,14,19H,18H2,1H3. The van der Waals surface area contributed by atoms with Gasteiger partial charge < -0.3 is 0 Å². The van der Waals surface area contributed by atoms with Crippen LogP contribution in [-0.2, 0) is 0 Å². The lowest BCUT2D eigenvalue weighted by Crippen LogP contribution is -2.29. The Bertz CT molecular complexity index is 602. The zero-order chi connectivity index (χ0) is 14.0. The maximum Gasteiger partial charge on any atom is 0.126 e. The van der Waals surface area contributed by atoms with E-state index in [1.165, 1.54) is 6.07 Å². The number of hydrogen-bond donors (Lipinski definition) is 2. The molecule has 0 radical (unpaired) electrons. The number of halogens is 3. The first-order valence-electron chi connectivity index (χ1n) is 5.70. The lowest BCUT2D eigenvalue weighted by Gasteiger charge is -2.19. The lowest BCUT2D eigenvalue weighted by atomic mass is 9.98. The maximum absolute atomic E-state index is 13.6. The number of nitrogens with one attached hydrogen (secondary N) is 1. The van der Waals surface area contributed by atoms with Crippen molar-refractivity contribution in [2.45, 2.75) is 13.0 Å². The highest BCUT2D eigenvalue weighted by Crippen LogP contribution is 2.30. The quantitative estimate of drug-likeness (QED) is 0.664. The van der Waals surface area contributed by atoms with E-state index in [2.05, 4.69) is 5.43 Å². The van der Waals surface area contributed by atoms with E-state index >= 15 is 0 Å². The summed E-state index contributed by atoms with van der Waals surface area (Å²) >= 11 is 12.1. The highest BCUT2D eigenvalue weighted by atomic mass is 35.5. The molecule has 100 valence electrons. The first-order valence-corrected chi connectivity index (χ1v) is 6.45. The van der Waals surface area contributed by atoms with Crippen LogP contribution in [0.5, 0.6) is 0 Å².